The average molecular weight is 408 g/mol. The molecule has 3 aromatic rings. The quantitative estimate of drug-likeness (QED) is 0.349. The molecule has 1 aliphatic heterocycles. The highest BCUT2D eigenvalue weighted by atomic mass is 32.1. The lowest BCUT2D eigenvalue weighted by molar-refractivity contribution is 0.0734. The summed E-state index contributed by atoms with van der Waals surface area (Å²) >= 11 is 1.51. The molecular weight excluding hydrogens is 392 g/mol. The van der Waals surface area contributed by atoms with Crippen molar-refractivity contribution in [2.24, 2.45) is 0 Å². The third-order valence-corrected chi connectivity index (χ3v) is 5.11. The van der Waals surface area contributed by atoms with Crippen LogP contribution in [-0.2, 0) is 0 Å². The van der Waals surface area contributed by atoms with Gasteiger partial charge in [-0.25, -0.2) is 4.79 Å². The van der Waals surface area contributed by atoms with Gasteiger partial charge in [-0.1, -0.05) is 6.07 Å². The van der Waals surface area contributed by atoms with Crippen LogP contribution in [0.25, 0.3) is 6.08 Å². The summed E-state index contributed by atoms with van der Waals surface area (Å²) in [5, 5.41) is 1.92. The number of fused-ring (bicyclic) bond motifs is 1. The number of ether oxygens (including phenoxy) is 4. The molecule has 1 aromatic heterocycles. The first-order valence-corrected chi connectivity index (χ1v) is 9.53. The van der Waals surface area contributed by atoms with E-state index in [1.54, 1.807) is 30.3 Å². The second kappa shape index (κ2) is 7.81. The van der Waals surface area contributed by atoms with E-state index in [4.69, 9.17) is 18.9 Å². The summed E-state index contributed by atoms with van der Waals surface area (Å²) in [6, 6.07) is 13.2. The van der Waals surface area contributed by atoms with E-state index in [1.165, 1.54) is 37.7 Å². The lowest BCUT2D eigenvalue weighted by Gasteiger charge is -2.09. The molecular formula is C22H16O6S. The molecule has 0 spiro atoms. The maximum atomic E-state index is 12.5. The molecule has 0 saturated carbocycles. The molecule has 0 amide bonds. The largest absolute Gasteiger partial charge is 0.493 e. The molecule has 0 atom stereocenters. The molecule has 7 heteroatoms. The second-order valence-corrected chi connectivity index (χ2v) is 7.05. The van der Waals surface area contributed by atoms with Gasteiger partial charge in [-0.15, -0.1) is 11.3 Å². The number of rotatable bonds is 5. The fraction of sp³-hybridized carbons (Fsp3) is 0.0909. The van der Waals surface area contributed by atoms with Gasteiger partial charge < -0.3 is 18.9 Å². The number of carbonyl (C=O) groups excluding carboxylic acids is 2. The minimum atomic E-state index is -0.565. The van der Waals surface area contributed by atoms with E-state index in [0.717, 1.165) is 4.88 Å². The zero-order valence-corrected chi connectivity index (χ0v) is 16.4. The number of thiophene rings is 1. The molecule has 0 N–H and O–H groups in total. The number of allylic oxidation sites excluding steroid dienone is 1. The molecule has 1 aliphatic rings. The summed E-state index contributed by atoms with van der Waals surface area (Å²) in [5.74, 6) is 1.04. The van der Waals surface area contributed by atoms with Crippen LogP contribution in [0.15, 0.2) is 59.7 Å². The van der Waals surface area contributed by atoms with Crippen LogP contribution in [-0.4, -0.2) is 26.0 Å². The summed E-state index contributed by atoms with van der Waals surface area (Å²) in [5.41, 5.74) is 0.733. The van der Waals surface area contributed by atoms with Crippen LogP contribution in [0.2, 0.25) is 0 Å². The van der Waals surface area contributed by atoms with Crippen molar-refractivity contribution in [3.8, 4) is 23.0 Å². The number of carbonyl (C=O) groups is 2. The summed E-state index contributed by atoms with van der Waals surface area (Å²) in [6.45, 7) is 0. The summed E-state index contributed by atoms with van der Waals surface area (Å²) in [6.07, 6.45) is 1.70. The average Bonchev–Trinajstić information content (AvgIpc) is 3.35. The minimum Gasteiger partial charge on any atom is -0.493 e. The van der Waals surface area contributed by atoms with Crippen molar-refractivity contribution >= 4 is 29.2 Å². The van der Waals surface area contributed by atoms with Crippen molar-refractivity contribution in [1.82, 2.24) is 0 Å². The molecule has 0 bridgehead atoms. The highest BCUT2D eigenvalue weighted by Crippen LogP contribution is 2.35. The summed E-state index contributed by atoms with van der Waals surface area (Å²) in [7, 11) is 3.01. The number of ketones is 1. The Kier molecular flexibility index (Phi) is 5.05. The molecule has 2 heterocycles. The molecule has 6 nitrogen and oxygen atoms in total. The van der Waals surface area contributed by atoms with Crippen LogP contribution in [0.1, 0.15) is 25.6 Å². The van der Waals surface area contributed by atoms with Gasteiger partial charge in [0.25, 0.3) is 0 Å². The predicted octanol–water partition coefficient (Wildman–Crippen LogP) is 4.60. The lowest BCUT2D eigenvalue weighted by Crippen LogP contribution is -2.09. The van der Waals surface area contributed by atoms with E-state index in [9.17, 15) is 9.59 Å². The Hall–Kier alpha value is -3.58. The maximum absolute atomic E-state index is 12.5. The van der Waals surface area contributed by atoms with Crippen LogP contribution in [0, 0.1) is 0 Å². The summed E-state index contributed by atoms with van der Waals surface area (Å²) < 4.78 is 21.5. The van der Waals surface area contributed by atoms with Gasteiger partial charge in [0.1, 0.15) is 11.5 Å². The van der Waals surface area contributed by atoms with Crippen molar-refractivity contribution in [2.75, 3.05) is 14.2 Å². The number of hydrogen-bond acceptors (Lipinski definition) is 7. The Morgan fingerprint density at radius 1 is 1.03 bits per heavy atom. The monoisotopic (exact) mass is 408 g/mol. The van der Waals surface area contributed by atoms with Crippen LogP contribution in [0.4, 0.5) is 0 Å². The van der Waals surface area contributed by atoms with Crippen molar-refractivity contribution in [3.05, 3.63) is 75.7 Å². The van der Waals surface area contributed by atoms with Crippen molar-refractivity contribution in [2.45, 2.75) is 0 Å². The van der Waals surface area contributed by atoms with E-state index >= 15 is 0 Å². The van der Waals surface area contributed by atoms with Crippen molar-refractivity contribution < 1.29 is 28.5 Å². The highest BCUT2D eigenvalue weighted by Gasteiger charge is 2.28. The first kappa shape index (κ1) is 18.8. The van der Waals surface area contributed by atoms with E-state index in [-0.39, 0.29) is 17.3 Å². The molecule has 2 aromatic carbocycles. The van der Waals surface area contributed by atoms with Gasteiger partial charge in [-0.2, -0.15) is 0 Å². The van der Waals surface area contributed by atoms with Crippen LogP contribution in [0.3, 0.4) is 0 Å². The van der Waals surface area contributed by atoms with Crippen LogP contribution >= 0.6 is 11.3 Å². The van der Waals surface area contributed by atoms with Crippen LogP contribution in [0.5, 0.6) is 23.0 Å². The smallest absolute Gasteiger partial charge is 0.343 e. The maximum Gasteiger partial charge on any atom is 0.343 e. The van der Waals surface area contributed by atoms with Gasteiger partial charge in [-0.05, 0) is 41.8 Å². The number of esters is 1. The zero-order chi connectivity index (χ0) is 20.4. The minimum absolute atomic E-state index is 0.203. The first-order chi connectivity index (χ1) is 14.1. The molecule has 0 radical (unpaired) electrons. The van der Waals surface area contributed by atoms with Crippen molar-refractivity contribution in [1.29, 1.82) is 0 Å². The third-order valence-electron chi connectivity index (χ3n) is 4.29. The zero-order valence-electron chi connectivity index (χ0n) is 15.6. The molecule has 146 valence electrons. The Bertz CT molecular complexity index is 1110. The predicted molar refractivity (Wildman–Crippen MR) is 108 cm³/mol. The molecule has 0 fully saturated rings. The van der Waals surface area contributed by atoms with Gasteiger partial charge in [0.2, 0.25) is 5.78 Å². The number of benzene rings is 2. The Labute approximate surface area is 170 Å². The van der Waals surface area contributed by atoms with Crippen LogP contribution < -0.4 is 18.9 Å². The SMILES string of the molecule is COc1ccc(C(=O)Oc2ccc3c(c2)O/C(=C/c2cccs2)C3=O)cc1OC. The van der Waals surface area contributed by atoms with Gasteiger partial charge in [0.05, 0.1) is 25.3 Å². The highest BCUT2D eigenvalue weighted by molar-refractivity contribution is 7.10. The standard InChI is InChI=1S/C22H16O6S/c1-25-17-8-5-13(10-19(17)26-2)22(24)27-14-6-7-16-18(11-14)28-20(21(16)23)12-15-4-3-9-29-15/h3-12H,1-2H3/b20-12+. The van der Waals surface area contributed by atoms with E-state index < -0.39 is 5.97 Å². The lowest BCUT2D eigenvalue weighted by atomic mass is 10.1. The third kappa shape index (κ3) is 3.72. The van der Waals surface area contributed by atoms with Gasteiger partial charge in [-0.3, -0.25) is 4.79 Å². The normalized spacial score (nSPS) is 13.7. The first-order valence-electron chi connectivity index (χ1n) is 8.65. The molecule has 29 heavy (non-hydrogen) atoms. The topological polar surface area (TPSA) is 71.1 Å². The fourth-order valence-corrected chi connectivity index (χ4v) is 3.51. The van der Waals surface area contributed by atoms with E-state index in [1.807, 2.05) is 17.5 Å². The van der Waals surface area contributed by atoms with E-state index in [0.29, 0.717) is 28.4 Å². The fourth-order valence-electron chi connectivity index (χ4n) is 2.86. The molecule has 0 aliphatic carbocycles. The Morgan fingerprint density at radius 3 is 2.59 bits per heavy atom. The van der Waals surface area contributed by atoms with E-state index in [2.05, 4.69) is 0 Å². The number of Topliss-reactive ketones (excluding diaryl/α,β-unsaturated/α-hetero) is 1. The molecule has 0 unspecified atom stereocenters. The number of methoxy groups -OCH3 is 2. The molecule has 0 saturated heterocycles. The second-order valence-electron chi connectivity index (χ2n) is 6.07. The van der Waals surface area contributed by atoms with Gasteiger partial charge in [0.15, 0.2) is 17.3 Å². The number of hydrogen-bond donors (Lipinski definition) is 0. The Balaban J connectivity index is 1.54. The Morgan fingerprint density at radius 2 is 1.86 bits per heavy atom. The van der Waals surface area contributed by atoms with Gasteiger partial charge >= 0.3 is 5.97 Å². The molecule has 4 rings (SSSR count). The van der Waals surface area contributed by atoms with Crippen molar-refractivity contribution in [3.63, 3.8) is 0 Å². The van der Waals surface area contributed by atoms with Gasteiger partial charge in [0, 0.05) is 17.0 Å². The summed E-state index contributed by atoms with van der Waals surface area (Å²) in [4.78, 5) is 25.9.